The molecule has 1 aromatic heterocycles. The van der Waals surface area contributed by atoms with Gasteiger partial charge in [-0.05, 0) is 42.0 Å². The van der Waals surface area contributed by atoms with Gasteiger partial charge in [-0.3, -0.25) is 4.79 Å². The zero-order chi connectivity index (χ0) is 16.9. The first-order chi connectivity index (χ1) is 11.6. The van der Waals surface area contributed by atoms with Gasteiger partial charge in [-0.15, -0.1) is 0 Å². The number of nitrogens with zero attached hydrogens (tertiary/aromatic N) is 1. The van der Waals surface area contributed by atoms with Crippen LogP contribution in [0.3, 0.4) is 0 Å². The molecular formula is C19H14ClFN2O. The van der Waals surface area contributed by atoms with Gasteiger partial charge in [-0.1, -0.05) is 35.9 Å². The van der Waals surface area contributed by atoms with E-state index in [0.717, 1.165) is 16.5 Å². The van der Waals surface area contributed by atoms with Gasteiger partial charge < -0.3 is 5.32 Å². The Morgan fingerprint density at radius 1 is 1.12 bits per heavy atom. The third-order valence-electron chi connectivity index (χ3n) is 3.46. The monoisotopic (exact) mass is 340 g/mol. The molecule has 0 spiro atoms. The van der Waals surface area contributed by atoms with Crippen LogP contribution in [0.15, 0.2) is 60.7 Å². The fourth-order valence-corrected chi connectivity index (χ4v) is 2.38. The normalized spacial score (nSPS) is 11.1. The third kappa shape index (κ3) is 4.18. The molecule has 0 bridgehead atoms. The Morgan fingerprint density at radius 3 is 2.67 bits per heavy atom. The number of amides is 1. The number of rotatable bonds is 4. The summed E-state index contributed by atoms with van der Waals surface area (Å²) < 4.78 is 12.8. The van der Waals surface area contributed by atoms with Crippen LogP contribution in [-0.4, -0.2) is 10.9 Å². The van der Waals surface area contributed by atoms with Crippen molar-refractivity contribution >= 4 is 34.5 Å². The molecule has 2 aromatic carbocycles. The van der Waals surface area contributed by atoms with Crippen LogP contribution in [0.25, 0.3) is 17.0 Å². The molecule has 0 aliphatic rings. The second-order valence-electron chi connectivity index (χ2n) is 5.25. The van der Waals surface area contributed by atoms with Crippen LogP contribution in [0, 0.1) is 5.82 Å². The largest absolute Gasteiger partial charge is 0.348 e. The third-order valence-corrected chi connectivity index (χ3v) is 3.70. The number of carbonyl (C=O) groups excluding carboxylic acids is 1. The van der Waals surface area contributed by atoms with Crippen molar-refractivity contribution in [3.63, 3.8) is 0 Å². The summed E-state index contributed by atoms with van der Waals surface area (Å²) in [7, 11) is 0. The minimum atomic E-state index is -0.299. The number of benzene rings is 2. The lowest BCUT2D eigenvalue weighted by molar-refractivity contribution is -0.116. The first kappa shape index (κ1) is 16.1. The van der Waals surface area contributed by atoms with Crippen LogP contribution in [-0.2, 0) is 11.3 Å². The van der Waals surface area contributed by atoms with Crippen LogP contribution in [0.2, 0.25) is 5.02 Å². The average Bonchev–Trinajstić information content (AvgIpc) is 2.59. The first-order valence-corrected chi connectivity index (χ1v) is 7.75. The quantitative estimate of drug-likeness (QED) is 0.717. The SMILES string of the molecule is O=C(C=Cc1ccc2ccc(Cl)cc2n1)NCc1ccc(F)cc1. The summed E-state index contributed by atoms with van der Waals surface area (Å²) in [5.74, 6) is -0.542. The molecule has 0 aliphatic heterocycles. The Balaban J connectivity index is 1.64. The van der Waals surface area contributed by atoms with E-state index in [9.17, 15) is 9.18 Å². The maximum atomic E-state index is 12.8. The lowest BCUT2D eigenvalue weighted by Gasteiger charge is -2.02. The molecule has 1 N–H and O–H groups in total. The smallest absolute Gasteiger partial charge is 0.244 e. The highest BCUT2D eigenvalue weighted by molar-refractivity contribution is 6.31. The van der Waals surface area contributed by atoms with Crippen LogP contribution >= 0.6 is 11.6 Å². The van der Waals surface area contributed by atoms with Crippen molar-refractivity contribution in [2.24, 2.45) is 0 Å². The first-order valence-electron chi connectivity index (χ1n) is 7.37. The number of aromatic nitrogens is 1. The van der Waals surface area contributed by atoms with Gasteiger partial charge in [0.15, 0.2) is 0 Å². The molecule has 5 heteroatoms. The van der Waals surface area contributed by atoms with Crippen molar-refractivity contribution in [2.75, 3.05) is 0 Å². The molecule has 0 fully saturated rings. The molecule has 24 heavy (non-hydrogen) atoms. The number of halogens is 2. The van der Waals surface area contributed by atoms with Gasteiger partial charge in [0.25, 0.3) is 0 Å². The highest BCUT2D eigenvalue weighted by atomic mass is 35.5. The number of hydrogen-bond donors (Lipinski definition) is 1. The summed E-state index contributed by atoms with van der Waals surface area (Å²) in [6.45, 7) is 0.338. The second-order valence-corrected chi connectivity index (χ2v) is 5.69. The predicted octanol–water partition coefficient (Wildman–Crippen LogP) is 4.36. The zero-order valence-electron chi connectivity index (χ0n) is 12.7. The molecule has 0 aliphatic carbocycles. The summed E-state index contributed by atoms with van der Waals surface area (Å²) in [4.78, 5) is 16.3. The fraction of sp³-hybridized carbons (Fsp3) is 0.0526. The Bertz CT molecular complexity index is 907. The average molecular weight is 341 g/mol. The molecule has 0 atom stereocenters. The molecule has 1 amide bonds. The molecule has 3 rings (SSSR count). The molecule has 3 nitrogen and oxygen atoms in total. The second kappa shape index (κ2) is 7.23. The fourth-order valence-electron chi connectivity index (χ4n) is 2.21. The standard InChI is InChI=1S/C19H14ClFN2O/c20-15-5-3-14-4-8-17(23-18(14)11-15)9-10-19(24)22-12-13-1-6-16(21)7-2-13/h1-11H,12H2,(H,22,24). The maximum Gasteiger partial charge on any atom is 0.244 e. The van der Waals surface area contributed by atoms with Gasteiger partial charge in [0, 0.05) is 23.0 Å². The van der Waals surface area contributed by atoms with Gasteiger partial charge in [-0.2, -0.15) is 0 Å². The van der Waals surface area contributed by atoms with E-state index in [-0.39, 0.29) is 11.7 Å². The van der Waals surface area contributed by atoms with Crippen molar-refractivity contribution in [1.29, 1.82) is 0 Å². The van der Waals surface area contributed by atoms with E-state index in [4.69, 9.17) is 11.6 Å². The van der Waals surface area contributed by atoms with E-state index in [0.29, 0.717) is 17.3 Å². The Kier molecular flexibility index (Phi) is 4.87. The summed E-state index contributed by atoms with van der Waals surface area (Å²) >= 11 is 5.96. The predicted molar refractivity (Wildman–Crippen MR) is 94.0 cm³/mol. The highest BCUT2D eigenvalue weighted by Gasteiger charge is 2.00. The molecule has 0 saturated carbocycles. The van der Waals surface area contributed by atoms with Crippen molar-refractivity contribution in [3.8, 4) is 0 Å². The number of pyridine rings is 1. The van der Waals surface area contributed by atoms with Crippen molar-refractivity contribution in [3.05, 3.63) is 82.8 Å². The van der Waals surface area contributed by atoms with E-state index in [1.54, 1.807) is 24.3 Å². The lowest BCUT2D eigenvalue weighted by Crippen LogP contribution is -2.20. The van der Waals surface area contributed by atoms with Crippen molar-refractivity contribution in [2.45, 2.75) is 6.54 Å². The molecule has 0 radical (unpaired) electrons. The van der Waals surface area contributed by atoms with E-state index < -0.39 is 0 Å². The van der Waals surface area contributed by atoms with Gasteiger partial charge in [-0.25, -0.2) is 9.37 Å². The maximum absolute atomic E-state index is 12.8. The van der Waals surface area contributed by atoms with Gasteiger partial charge in [0.2, 0.25) is 5.91 Å². The van der Waals surface area contributed by atoms with E-state index in [2.05, 4.69) is 10.3 Å². The van der Waals surface area contributed by atoms with Crippen LogP contribution < -0.4 is 5.32 Å². The molecule has 0 saturated heterocycles. The van der Waals surface area contributed by atoms with Gasteiger partial charge in [0.05, 0.1) is 11.2 Å². The summed E-state index contributed by atoms with van der Waals surface area (Å²) in [5, 5.41) is 4.34. The number of carbonyl (C=O) groups is 1. The van der Waals surface area contributed by atoms with E-state index in [1.807, 2.05) is 24.3 Å². The molecule has 0 unspecified atom stereocenters. The van der Waals surface area contributed by atoms with Crippen LogP contribution in [0.5, 0.6) is 0 Å². The summed E-state index contributed by atoms with van der Waals surface area (Å²) in [6, 6.07) is 15.2. The lowest BCUT2D eigenvalue weighted by atomic mass is 10.2. The summed E-state index contributed by atoms with van der Waals surface area (Å²) in [5.41, 5.74) is 2.27. The minimum Gasteiger partial charge on any atom is -0.348 e. The number of hydrogen-bond acceptors (Lipinski definition) is 2. The van der Waals surface area contributed by atoms with E-state index >= 15 is 0 Å². The summed E-state index contributed by atoms with van der Waals surface area (Å²) in [6.07, 6.45) is 3.06. The Labute approximate surface area is 143 Å². The van der Waals surface area contributed by atoms with Gasteiger partial charge in [0.1, 0.15) is 5.82 Å². The van der Waals surface area contributed by atoms with Gasteiger partial charge >= 0.3 is 0 Å². The van der Waals surface area contributed by atoms with E-state index in [1.165, 1.54) is 18.2 Å². The highest BCUT2D eigenvalue weighted by Crippen LogP contribution is 2.18. The molecule has 1 heterocycles. The molecular weight excluding hydrogens is 327 g/mol. The Morgan fingerprint density at radius 2 is 1.88 bits per heavy atom. The topological polar surface area (TPSA) is 42.0 Å². The molecule has 3 aromatic rings. The van der Waals surface area contributed by atoms with Crippen LogP contribution in [0.4, 0.5) is 4.39 Å². The Hall–Kier alpha value is -2.72. The zero-order valence-corrected chi connectivity index (χ0v) is 13.4. The molecule has 120 valence electrons. The van der Waals surface area contributed by atoms with Crippen molar-refractivity contribution < 1.29 is 9.18 Å². The number of nitrogens with one attached hydrogen (secondary N) is 1. The number of fused-ring (bicyclic) bond motifs is 1. The van der Waals surface area contributed by atoms with Crippen molar-refractivity contribution in [1.82, 2.24) is 10.3 Å². The minimum absolute atomic E-state index is 0.243. The van der Waals surface area contributed by atoms with Crippen LogP contribution in [0.1, 0.15) is 11.3 Å².